The number of carbonyl (C=O) groups is 1. The minimum absolute atomic E-state index is 0.172. The fourth-order valence-electron chi connectivity index (χ4n) is 0.857. The number of methoxy groups -OCH3 is 1. The Morgan fingerprint density at radius 2 is 2.00 bits per heavy atom. The van der Waals surface area contributed by atoms with Crippen molar-refractivity contribution in [3.63, 3.8) is 0 Å². The monoisotopic (exact) mass is 217 g/mol. The van der Waals surface area contributed by atoms with Crippen molar-refractivity contribution in [2.24, 2.45) is 0 Å². The van der Waals surface area contributed by atoms with Gasteiger partial charge in [0, 0.05) is 12.1 Å². The van der Waals surface area contributed by atoms with E-state index in [2.05, 4.69) is 10.1 Å². The van der Waals surface area contributed by atoms with Crippen LogP contribution in [-0.4, -0.2) is 48.6 Å². The third kappa shape index (κ3) is 4.92. The third-order valence-corrected chi connectivity index (χ3v) is 2.14. The van der Waals surface area contributed by atoms with E-state index in [1.807, 2.05) is 0 Å². The maximum absolute atomic E-state index is 11.0. The summed E-state index contributed by atoms with van der Waals surface area (Å²) in [6.07, 6.45) is 1.65. The minimum Gasteiger partial charge on any atom is -0.466 e. The summed E-state index contributed by atoms with van der Waals surface area (Å²) in [7, 11) is 1.32. The summed E-state index contributed by atoms with van der Waals surface area (Å²) in [5, 5.41) is 20.9. The average molecular weight is 217 g/mol. The standard InChI is InChI=1S/C10H19NO4/c1-8(9(14)15-3)4-5-11-10(2,6-12)7-13/h4,11-13H,5-7H2,1-3H3. The van der Waals surface area contributed by atoms with Gasteiger partial charge in [-0.1, -0.05) is 6.08 Å². The number of hydrogen-bond acceptors (Lipinski definition) is 5. The largest absolute Gasteiger partial charge is 0.466 e. The van der Waals surface area contributed by atoms with Gasteiger partial charge in [0.2, 0.25) is 0 Å². The Hall–Kier alpha value is -0.910. The summed E-state index contributed by atoms with van der Waals surface area (Å²) in [5.41, 5.74) is -0.240. The van der Waals surface area contributed by atoms with Gasteiger partial charge in [-0.2, -0.15) is 0 Å². The molecule has 0 radical (unpaired) electrons. The topological polar surface area (TPSA) is 78.8 Å². The van der Waals surface area contributed by atoms with E-state index in [1.165, 1.54) is 7.11 Å². The predicted octanol–water partition coefficient (Wildman–Crippen LogP) is -0.561. The van der Waals surface area contributed by atoms with Crippen LogP contribution in [0, 0.1) is 0 Å². The Labute approximate surface area is 89.7 Å². The summed E-state index contributed by atoms with van der Waals surface area (Å²) in [6.45, 7) is 3.37. The molecular formula is C10H19NO4. The van der Waals surface area contributed by atoms with E-state index >= 15 is 0 Å². The SMILES string of the molecule is COC(=O)C(C)=CCNC(C)(CO)CO. The zero-order valence-corrected chi connectivity index (χ0v) is 9.41. The highest BCUT2D eigenvalue weighted by Gasteiger charge is 2.20. The molecule has 0 spiro atoms. The highest BCUT2D eigenvalue weighted by Crippen LogP contribution is 2.01. The van der Waals surface area contributed by atoms with Gasteiger partial charge in [-0.3, -0.25) is 0 Å². The normalized spacial score (nSPS) is 12.7. The van der Waals surface area contributed by atoms with Crippen LogP contribution in [0.1, 0.15) is 13.8 Å². The molecule has 5 heteroatoms. The fourth-order valence-corrected chi connectivity index (χ4v) is 0.857. The quantitative estimate of drug-likeness (QED) is 0.410. The molecule has 15 heavy (non-hydrogen) atoms. The van der Waals surface area contributed by atoms with Crippen molar-refractivity contribution in [3.05, 3.63) is 11.6 Å². The first kappa shape index (κ1) is 14.1. The number of hydrogen-bond donors (Lipinski definition) is 3. The number of esters is 1. The van der Waals surface area contributed by atoms with Crippen LogP contribution in [0.4, 0.5) is 0 Å². The van der Waals surface area contributed by atoms with Crippen LogP contribution in [0.15, 0.2) is 11.6 Å². The molecule has 0 amide bonds. The molecule has 0 fully saturated rings. The molecule has 0 saturated carbocycles. The number of rotatable bonds is 6. The molecule has 0 aromatic heterocycles. The molecule has 0 heterocycles. The first-order valence-electron chi connectivity index (χ1n) is 4.71. The van der Waals surface area contributed by atoms with Gasteiger partial charge in [0.1, 0.15) is 0 Å². The van der Waals surface area contributed by atoms with Crippen LogP contribution < -0.4 is 5.32 Å². The lowest BCUT2D eigenvalue weighted by atomic mass is 10.1. The molecule has 0 atom stereocenters. The van der Waals surface area contributed by atoms with E-state index in [1.54, 1.807) is 19.9 Å². The van der Waals surface area contributed by atoms with Crippen molar-refractivity contribution < 1.29 is 19.7 Å². The fraction of sp³-hybridized carbons (Fsp3) is 0.700. The van der Waals surface area contributed by atoms with Gasteiger partial charge in [0.25, 0.3) is 0 Å². The van der Waals surface area contributed by atoms with Crippen LogP contribution in [-0.2, 0) is 9.53 Å². The van der Waals surface area contributed by atoms with Crippen molar-refractivity contribution in [1.29, 1.82) is 0 Å². The Bertz CT molecular complexity index is 234. The molecule has 0 unspecified atom stereocenters. The lowest BCUT2D eigenvalue weighted by Gasteiger charge is -2.25. The van der Waals surface area contributed by atoms with Gasteiger partial charge >= 0.3 is 5.97 Å². The summed E-state index contributed by atoms with van der Waals surface area (Å²) in [6, 6.07) is 0. The molecule has 0 aliphatic carbocycles. The van der Waals surface area contributed by atoms with Gasteiger partial charge < -0.3 is 20.3 Å². The van der Waals surface area contributed by atoms with Gasteiger partial charge in [0.05, 0.1) is 25.9 Å². The molecular weight excluding hydrogens is 198 g/mol. The summed E-state index contributed by atoms with van der Waals surface area (Å²) < 4.78 is 4.51. The second kappa shape index (κ2) is 6.55. The average Bonchev–Trinajstić information content (AvgIpc) is 2.27. The zero-order valence-electron chi connectivity index (χ0n) is 9.41. The zero-order chi connectivity index (χ0) is 11.9. The van der Waals surface area contributed by atoms with E-state index in [9.17, 15) is 4.79 Å². The summed E-state index contributed by atoms with van der Waals surface area (Å²) in [4.78, 5) is 11.0. The van der Waals surface area contributed by atoms with Crippen LogP contribution in [0.3, 0.4) is 0 Å². The van der Waals surface area contributed by atoms with E-state index in [4.69, 9.17) is 10.2 Å². The maximum atomic E-state index is 11.0. The lowest BCUT2D eigenvalue weighted by molar-refractivity contribution is -0.136. The highest BCUT2D eigenvalue weighted by molar-refractivity contribution is 5.87. The summed E-state index contributed by atoms with van der Waals surface area (Å²) in [5.74, 6) is -0.383. The lowest BCUT2D eigenvalue weighted by Crippen LogP contribution is -2.49. The van der Waals surface area contributed by atoms with E-state index in [0.29, 0.717) is 12.1 Å². The van der Waals surface area contributed by atoms with Crippen molar-refractivity contribution in [2.75, 3.05) is 26.9 Å². The molecule has 0 bridgehead atoms. The highest BCUT2D eigenvalue weighted by atomic mass is 16.5. The minimum atomic E-state index is -0.729. The second-order valence-corrected chi connectivity index (χ2v) is 3.64. The Morgan fingerprint density at radius 3 is 2.40 bits per heavy atom. The molecule has 0 saturated heterocycles. The molecule has 88 valence electrons. The third-order valence-electron chi connectivity index (χ3n) is 2.14. The number of aliphatic hydroxyl groups excluding tert-OH is 2. The van der Waals surface area contributed by atoms with Crippen molar-refractivity contribution in [1.82, 2.24) is 5.32 Å². The van der Waals surface area contributed by atoms with Crippen molar-refractivity contribution in [2.45, 2.75) is 19.4 Å². The van der Waals surface area contributed by atoms with E-state index in [0.717, 1.165) is 0 Å². The molecule has 0 aliphatic rings. The number of carbonyl (C=O) groups excluding carboxylic acids is 1. The first-order valence-corrected chi connectivity index (χ1v) is 4.71. The Balaban J connectivity index is 4.12. The number of nitrogens with one attached hydrogen (secondary N) is 1. The van der Waals surface area contributed by atoms with Gasteiger partial charge in [-0.05, 0) is 13.8 Å². The molecule has 0 aliphatic heterocycles. The van der Waals surface area contributed by atoms with Crippen molar-refractivity contribution >= 4 is 5.97 Å². The van der Waals surface area contributed by atoms with Crippen LogP contribution in [0.5, 0.6) is 0 Å². The number of ether oxygens (including phenoxy) is 1. The Morgan fingerprint density at radius 1 is 1.47 bits per heavy atom. The van der Waals surface area contributed by atoms with Crippen LogP contribution >= 0.6 is 0 Å². The molecule has 0 aromatic carbocycles. The second-order valence-electron chi connectivity index (χ2n) is 3.64. The maximum Gasteiger partial charge on any atom is 0.333 e. The molecule has 3 N–H and O–H groups in total. The van der Waals surface area contributed by atoms with E-state index < -0.39 is 5.54 Å². The van der Waals surface area contributed by atoms with Gasteiger partial charge in [0.15, 0.2) is 0 Å². The summed E-state index contributed by atoms with van der Waals surface area (Å²) >= 11 is 0. The Kier molecular flexibility index (Phi) is 6.15. The van der Waals surface area contributed by atoms with Crippen LogP contribution in [0.2, 0.25) is 0 Å². The molecule has 0 rings (SSSR count). The van der Waals surface area contributed by atoms with Crippen LogP contribution in [0.25, 0.3) is 0 Å². The predicted molar refractivity (Wildman–Crippen MR) is 56.4 cm³/mol. The van der Waals surface area contributed by atoms with Crippen molar-refractivity contribution in [3.8, 4) is 0 Å². The van der Waals surface area contributed by atoms with E-state index in [-0.39, 0.29) is 19.2 Å². The number of aliphatic hydroxyl groups is 2. The smallest absolute Gasteiger partial charge is 0.333 e. The van der Waals surface area contributed by atoms with Gasteiger partial charge in [-0.15, -0.1) is 0 Å². The van der Waals surface area contributed by atoms with Gasteiger partial charge in [-0.25, -0.2) is 4.79 Å². The first-order chi connectivity index (χ1) is 6.99. The molecule has 5 nitrogen and oxygen atoms in total. The molecule has 0 aromatic rings.